The third-order valence-corrected chi connectivity index (χ3v) is 1.01. The van der Waals surface area contributed by atoms with E-state index in [1.807, 2.05) is 0 Å². The Labute approximate surface area is 48.7 Å². The summed E-state index contributed by atoms with van der Waals surface area (Å²) in [7, 11) is 0. The minimum Gasteiger partial charge on any atom is -0.326 e. The van der Waals surface area contributed by atoms with Gasteiger partial charge in [0.1, 0.15) is 0 Å². The molecule has 0 unspecified atom stereocenters. The van der Waals surface area contributed by atoms with E-state index < -0.39 is 0 Å². The Morgan fingerprint density at radius 2 is 2.14 bits per heavy atom. The van der Waals surface area contributed by atoms with Crippen LogP contribution in [0.25, 0.3) is 0 Å². The standard InChI is InChI=1S/C4H6N2.ClH/c5-2-3-1-4(3)6;/h3-4H,1,6H2;1H/t3-,4-;/m1./s1. The highest BCUT2D eigenvalue weighted by Gasteiger charge is 2.32. The first-order valence-electron chi connectivity index (χ1n) is 2.00. The first kappa shape index (κ1) is 6.74. The molecule has 1 aliphatic carbocycles. The molecule has 2 atom stereocenters. The zero-order valence-corrected chi connectivity index (χ0v) is 4.61. The molecule has 0 amide bonds. The lowest BCUT2D eigenvalue weighted by Crippen LogP contribution is -1.99. The van der Waals surface area contributed by atoms with Crippen molar-refractivity contribution in [1.29, 1.82) is 5.26 Å². The summed E-state index contributed by atoms with van der Waals surface area (Å²) in [4.78, 5) is 0. The summed E-state index contributed by atoms with van der Waals surface area (Å²) in [5.74, 6) is 0.185. The second-order valence-corrected chi connectivity index (χ2v) is 1.64. The van der Waals surface area contributed by atoms with Gasteiger partial charge in [0.15, 0.2) is 0 Å². The average molecular weight is 119 g/mol. The van der Waals surface area contributed by atoms with Gasteiger partial charge in [-0.3, -0.25) is 0 Å². The molecular weight excluding hydrogens is 112 g/mol. The van der Waals surface area contributed by atoms with Crippen LogP contribution in [0.15, 0.2) is 0 Å². The van der Waals surface area contributed by atoms with Gasteiger partial charge >= 0.3 is 0 Å². The van der Waals surface area contributed by atoms with Crippen molar-refractivity contribution in [2.45, 2.75) is 12.5 Å². The first-order valence-corrected chi connectivity index (χ1v) is 2.00. The smallest absolute Gasteiger partial charge is 0.0672 e. The van der Waals surface area contributed by atoms with Crippen molar-refractivity contribution in [3.8, 4) is 6.07 Å². The van der Waals surface area contributed by atoms with Gasteiger partial charge in [-0.1, -0.05) is 0 Å². The first-order chi connectivity index (χ1) is 2.84. The Balaban J connectivity index is 0.000000360. The number of hydrogen-bond acceptors (Lipinski definition) is 2. The lowest BCUT2D eigenvalue weighted by molar-refractivity contribution is 0.985. The molecule has 0 bridgehead atoms. The van der Waals surface area contributed by atoms with Crippen molar-refractivity contribution in [1.82, 2.24) is 0 Å². The quantitative estimate of drug-likeness (QED) is 0.497. The highest BCUT2D eigenvalue weighted by Crippen LogP contribution is 2.25. The number of hydrogen-bond donors (Lipinski definition) is 1. The summed E-state index contributed by atoms with van der Waals surface area (Å²) in [6.07, 6.45) is 0.913. The van der Waals surface area contributed by atoms with Crippen LogP contribution in [0.1, 0.15) is 6.42 Å². The van der Waals surface area contributed by atoms with Crippen LogP contribution < -0.4 is 5.73 Å². The van der Waals surface area contributed by atoms with E-state index in [4.69, 9.17) is 11.0 Å². The lowest BCUT2D eigenvalue weighted by atomic mass is 10.5. The van der Waals surface area contributed by atoms with E-state index in [9.17, 15) is 0 Å². The van der Waals surface area contributed by atoms with Crippen molar-refractivity contribution < 1.29 is 0 Å². The largest absolute Gasteiger partial charge is 0.326 e. The minimum absolute atomic E-state index is 0. The van der Waals surface area contributed by atoms with Crippen LogP contribution in [0.2, 0.25) is 0 Å². The molecule has 0 heterocycles. The van der Waals surface area contributed by atoms with Gasteiger partial charge in [0, 0.05) is 6.04 Å². The normalized spacial score (nSPS) is 35.4. The molecule has 0 aliphatic heterocycles. The highest BCUT2D eigenvalue weighted by molar-refractivity contribution is 5.85. The summed E-state index contributed by atoms with van der Waals surface area (Å²) in [5, 5.41) is 8.05. The molecule has 0 spiro atoms. The van der Waals surface area contributed by atoms with E-state index in [-0.39, 0.29) is 24.4 Å². The molecule has 0 saturated heterocycles. The molecule has 0 aromatic heterocycles. The van der Waals surface area contributed by atoms with Crippen molar-refractivity contribution in [3.05, 3.63) is 0 Å². The van der Waals surface area contributed by atoms with E-state index in [0.29, 0.717) is 0 Å². The van der Waals surface area contributed by atoms with Crippen LogP contribution in [-0.4, -0.2) is 6.04 Å². The zero-order chi connectivity index (χ0) is 4.57. The molecule has 0 aromatic carbocycles. The van der Waals surface area contributed by atoms with Crippen molar-refractivity contribution in [2.75, 3.05) is 0 Å². The second-order valence-electron chi connectivity index (χ2n) is 1.64. The van der Waals surface area contributed by atoms with Crippen LogP contribution in [0.5, 0.6) is 0 Å². The van der Waals surface area contributed by atoms with Crippen molar-refractivity contribution in [3.63, 3.8) is 0 Å². The monoisotopic (exact) mass is 118 g/mol. The predicted octanol–water partition coefficient (Wildman–Crippen LogP) is 0.279. The van der Waals surface area contributed by atoms with Crippen LogP contribution in [0, 0.1) is 17.2 Å². The second kappa shape index (κ2) is 2.15. The summed E-state index contributed by atoms with van der Waals surface area (Å²) >= 11 is 0. The Kier molecular flexibility index (Phi) is 2.07. The lowest BCUT2D eigenvalue weighted by Gasteiger charge is -1.67. The molecule has 7 heavy (non-hydrogen) atoms. The number of nitrogens with two attached hydrogens (primary N) is 1. The summed E-state index contributed by atoms with van der Waals surface area (Å²) in [5.41, 5.74) is 5.25. The summed E-state index contributed by atoms with van der Waals surface area (Å²) in [6.45, 7) is 0. The van der Waals surface area contributed by atoms with Gasteiger partial charge in [0.25, 0.3) is 0 Å². The Morgan fingerprint density at radius 1 is 1.71 bits per heavy atom. The summed E-state index contributed by atoms with van der Waals surface area (Å²) in [6, 6.07) is 2.27. The Bertz CT molecular complexity index is 96.4. The minimum atomic E-state index is 0. The maximum atomic E-state index is 8.05. The van der Waals surface area contributed by atoms with Gasteiger partial charge < -0.3 is 5.73 Å². The molecule has 1 saturated carbocycles. The number of nitriles is 1. The van der Waals surface area contributed by atoms with Gasteiger partial charge in [-0.2, -0.15) is 5.26 Å². The van der Waals surface area contributed by atoms with Gasteiger partial charge in [-0.15, -0.1) is 12.4 Å². The number of rotatable bonds is 0. The van der Waals surface area contributed by atoms with Gasteiger partial charge in [-0.25, -0.2) is 0 Å². The fourth-order valence-corrected chi connectivity index (χ4v) is 0.363. The fourth-order valence-electron chi connectivity index (χ4n) is 0.363. The van der Waals surface area contributed by atoms with Crippen molar-refractivity contribution >= 4 is 12.4 Å². The molecule has 0 radical (unpaired) electrons. The van der Waals surface area contributed by atoms with Gasteiger partial charge in [0.2, 0.25) is 0 Å². The van der Waals surface area contributed by atoms with E-state index in [2.05, 4.69) is 6.07 Å². The Hall–Kier alpha value is -0.260. The van der Waals surface area contributed by atoms with Gasteiger partial charge in [0.05, 0.1) is 12.0 Å². The topological polar surface area (TPSA) is 49.8 Å². The molecule has 1 aliphatic rings. The van der Waals surface area contributed by atoms with Gasteiger partial charge in [-0.05, 0) is 6.42 Å². The third kappa shape index (κ3) is 1.34. The average Bonchev–Trinajstić information content (AvgIpc) is 2.19. The maximum Gasteiger partial charge on any atom is 0.0672 e. The molecule has 2 N–H and O–H groups in total. The molecule has 3 heteroatoms. The van der Waals surface area contributed by atoms with Crippen LogP contribution in [-0.2, 0) is 0 Å². The summed E-state index contributed by atoms with van der Waals surface area (Å²) < 4.78 is 0. The molecule has 1 rings (SSSR count). The third-order valence-electron chi connectivity index (χ3n) is 1.01. The molecule has 2 nitrogen and oxygen atoms in total. The number of nitrogens with zero attached hydrogens (tertiary/aromatic N) is 1. The van der Waals surface area contributed by atoms with Crippen molar-refractivity contribution in [2.24, 2.45) is 11.7 Å². The van der Waals surface area contributed by atoms with E-state index in [1.165, 1.54) is 0 Å². The molecule has 1 fully saturated rings. The highest BCUT2D eigenvalue weighted by atomic mass is 35.5. The molecular formula is C4H7ClN2. The van der Waals surface area contributed by atoms with Crippen LogP contribution in [0.4, 0.5) is 0 Å². The van der Waals surface area contributed by atoms with E-state index in [0.717, 1.165) is 6.42 Å². The zero-order valence-electron chi connectivity index (χ0n) is 3.79. The van der Waals surface area contributed by atoms with E-state index in [1.54, 1.807) is 0 Å². The SMILES string of the molecule is Cl.N#C[C@H]1C[C@H]1N. The Morgan fingerprint density at radius 3 is 2.14 bits per heavy atom. The van der Waals surface area contributed by atoms with E-state index >= 15 is 0 Å². The molecule has 40 valence electrons. The fraction of sp³-hybridized carbons (Fsp3) is 0.750. The molecule has 0 aromatic rings. The van der Waals surface area contributed by atoms with Crippen LogP contribution >= 0.6 is 12.4 Å². The predicted molar refractivity (Wildman–Crippen MR) is 28.9 cm³/mol. The van der Waals surface area contributed by atoms with Crippen LogP contribution in [0.3, 0.4) is 0 Å². The maximum absolute atomic E-state index is 8.05. The number of halogens is 1.